The first kappa shape index (κ1) is 14.1. The minimum Gasteiger partial charge on any atom is -0.437 e. The van der Waals surface area contributed by atoms with E-state index in [-0.39, 0.29) is 0 Å². The van der Waals surface area contributed by atoms with Crippen LogP contribution < -0.4 is 0 Å². The van der Waals surface area contributed by atoms with Crippen molar-refractivity contribution in [2.75, 3.05) is 0 Å². The molecule has 0 bridgehead atoms. The van der Waals surface area contributed by atoms with Crippen molar-refractivity contribution in [3.63, 3.8) is 0 Å². The zero-order valence-electron chi connectivity index (χ0n) is 14.5. The van der Waals surface area contributed by atoms with Crippen molar-refractivity contribution in [3.8, 4) is 11.4 Å². The molecule has 4 heteroatoms. The fraction of sp³-hybridized carbons (Fsp3) is 0.182. The molecular weight excluding hydrogens is 322 g/mol. The molecule has 0 saturated carbocycles. The first-order valence-electron chi connectivity index (χ1n) is 9.07. The van der Waals surface area contributed by atoms with Crippen LogP contribution in [0, 0.1) is 6.92 Å². The predicted molar refractivity (Wildman–Crippen MR) is 103 cm³/mol. The Kier molecular flexibility index (Phi) is 2.68. The number of hydrogen-bond donors (Lipinski definition) is 0. The first-order valence-corrected chi connectivity index (χ1v) is 9.07. The average Bonchev–Trinajstić information content (AvgIpc) is 3.21. The number of furan rings is 1. The highest BCUT2D eigenvalue weighted by atomic mass is 16.3. The van der Waals surface area contributed by atoms with Crippen LogP contribution in [0.2, 0.25) is 0 Å². The topological polar surface area (TPSA) is 43.9 Å². The Bertz CT molecular complexity index is 1330. The van der Waals surface area contributed by atoms with Crippen molar-refractivity contribution in [3.05, 3.63) is 59.8 Å². The van der Waals surface area contributed by atoms with Crippen LogP contribution in [0.4, 0.5) is 0 Å². The number of pyridine rings is 1. The first-order chi connectivity index (χ1) is 12.8. The van der Waals surface area contributed by atoms with Crippen LogP contribution in [0.15, 0.2) is 52.9 Å². The van der Waals surface area contributed by atoms with Crippen LogP contribution >= 0.6 is 0 Å². The molecule has 4 nitrogen and oxygen atoms in total. The molecular formula is C22H17N3O. The predicted octanol–water partition coefficient (Wildman–Crippen LogP) is 5.25. The number of hydrogen-bond acceptors (Lipinski definition) is 3. The van der Waals surface area contributed by atoms with Gasteiger partial charge in [0.1, 0.15) is 11.4 Å². The lowest BCUT2D eigenvalue weighted by Gasteiger charge is -2.16. The summed E-state index contributed by atoms with van der Waals surface area (Å²) < 4.78 is 8.55. The van der Waals surface area contributed by atoms with E-state index in [4.69, 9.17) is 9.40 Å². The van der Waals surface area contributed by atoms with Crippen LogP contribution in [0.5, 0.6) is 0 Å². The molecule has 26 heavy (non-hydrogen) atoms. The number of aromatic nitrogens is 3. The molecule has 4 heterocycles. The van der Waals surface area contributed by atoms with Gasteiger partial charge in [0, 0.05) is 23.0 Å². The number of aryl methyl sites for hydroxylation is 3. The summed E-state index contributed by atoms with van der Waals surface area (Å²) in [6, 6.07) is 16.9. The Labute approximate surface area is 150 Å². The number of para-hydroxylation sites is 2. The Balaban J connectivity index is 1.72. The molecule has 3 aromatic heterocycles. The number of benzene rings is 2. The quantitative estimate of drug-likeness (QED) is 0.419. The molecule has 0 atom stereocenters. The van der Waals surface area contributed by atoms with Crippen LogP contribution in [0.25, 0.3) is 44.5 Å². The fourth-order valence-electron chi connectivity index (χ4n) is 4.26. The Morgan fingerprint density at radius 1 is 0.962 bits per heavy atom. The third-order valence-corrected chi connectivity index (χ3v) is 5.42. The van der Waals surface area contributed by atoms with Gasteiger partial charge in [0.2, 0.25) is 5.71 Å². The summed E-state index contributed by atoms with van der Waals surface area (Å²) in [5.74, 6) is 0.994. The third kappa shape index (κ3) is 1.79. The summed E-state index contributed by atoms with van der Waals surface area (Å²) in [4.78, 5) is 9.54. The molecule has 0 spiro atoms. The molecule has 6 rings (SSSR count). The minimum absolute atomic E-state index is 0.697. The second-order valence-corrected chi connectivity index (χ2v) is 7.07. The number of nitrogens with zero attached hydrogens (tertiary/aromatic N) is 3. The molecule has 0 amide bonds. The van der Waals surface area contributed by atoms with Gasteiger partial charge in [-0.3, -0.25) is 0 Å². The van der Waals surface area contributed by atoms with E-state index in [2.05, 4.69) is 52.0 Å². The lowest BCUT2D eigenvalue weighted by atomic mass is 10.0. The Hall–Kier alpha value is -3.14. The van der Waals surface area contributed by atoms with E-state index in [1.165, 1.54) is 11.1 Å². The molecule has 126 valence electrons. The van der Waals surface area contributed by atoms with Crippen LogP contribution in [-0.4, -0.2) is 14.5 Å². The molecule has 0 radical (unpaired) electrons. The summed E-state index contributed by atoms with van der Waals surface area (Å²) in [7, 11) is 0. The second kappa shape index (κ2) is 4.94. The van der Waals surface area contributed by atoms with Gasteiger partial charge in [-0.05, 0) is 49.6 Å². The van der Waals surface area contributed by atoms with Gasteiger partial charge in [0.05, 0.1) is 16.6 Å². The zero-order valence-corrected chi connectivity index (χ0v) is 14.5. The summed E-state index contributed by atoms with van der Waals surface area (Å²) in [6.07, 6.45) is 2.27. The lowest BCUT2D eigenvalue weighted by molar-refractivity contribution is 0.633. The van der Waals surface area contributed by atoms with Crippen molar-refractivity contribution in [1.82, 2.24) is 14.5 Å². The molecule has 1 aliphatic heterocycles. The average molecular weight is 339 g/mol. The standard InChI is InChI=1S/C22H17N3O/c1-13-10-11-16-15-7-3-8-17(20(15)26-22(16)23-13)21-24-18-9-2-5-14-6-4-12-25(21)19(14)18/h2-3,5,7-11H,4,6,12H2,1H3. The van der Waals surface area contributed by atoms with Crippen LogP contribution in [0.3, 0.4) is 0 Å². The van der Waals surface area contributed by atoms with Crippen molar-refractivity contribution in [2.45, 2.75) is 26.3 Å². The van der Waals surface area contributed by atoms with Gasteiger partial charge in [0.25, 0.3) is 0 Å². The highest BCUT2D eigenvalue weighted by molar-refractivity contribution is 6.08. The maximum absolute atomic E-state index is 6.20. The van der Waals surface area contributed by atoms with E-state index in [0.29, 0.717) is 5.71 Å². The largest absolute Gasteiger partial charge is 0.437 e. The highest BCUT2D eigenvalue weighted by Gasteiger charge is 2.22. The maximum Gasteiger partial charge on any atom is 0.227 e. The van der Waals surface area contributed by atoms with Gasteiger partial charge < -0.3 is 8.98 Å². The number of rotatable bonds is 1. The Morgan fingerprint density at radius 3 is 2.85 bits per heavy atom. The molecule has 0 N–H and O–H groups in total. The van der Waals surface area contributed by atoms with Crippen molar-refractivity contribution in [2.24, 2.45) is 0 Å². The molecule has 0 unspecified atom stereocenters. The normalized spacial score (nSPS) is 13.9. The second-order valence-electron chi connectivity index (χ2n) is 7.07. The molecule has 1 aliphatic rings. The maximum atomic E-state index is 6.20. The van der Waals surface area contributed by atoms with Gasteiger partial charge in [-0.2, -0.15) is 0 Å². The highest BCUT2D eigenvalue weighted by Crippen LogP contribution is 2.37. The number of fused-ring (bicyclic) bond motifs is 3. The fourth-order valence-corrected chi connectivity index (χ4v) is 4.26. The summed E-state index contributed by atoms with van der Waals surface area (Å²) in [5.41, 5.74) is 7.31. The molecule has 2 aromatic carbocycles. The van der Waals surface area contributed by atoms with Crippen molar-refractivity contribution in [1.29, 1.82) is 0 Å². The molecule has 0 fully saturated rings. The van der Waals surface area contributed by atoms with E-state index >= 15 is 0 Å². The van der Waals surface area contributed by atoms with Gasteiger partial charge in [-0.15, -0.1) is 0 Å². The molecule has 0 aliphatic carbocycles. The number of imidazole rings is 1. The van der Waals surface area contributed by atoms with E-state index < -0.39 is 0 Å². The van der Waals surface area contributed by atoms with Gasteiger partial charge in [-0.25, -0.2) is 9.97 Å². The minimum atomic E-state index is 0.697. The SMILES string of the molecule is Cc1ccc2c(n1)oc1c(-c3nc4cccc5c4n3CCC5)cccc12. The lowest BCUT2D eigenvalue weighted by Crippen LogP contribution is -2.08. The van der Waals surface area contributed by atoms with Crippen molar-refractivity contribution < 1.29 is 4.42 Å². The van der Waals surface area contributed by atoms with Gasteiger partial charge in [0.15, 0.2) is 0 Å². The summed E-state index contributed by atoms with van der Waals surface area (Å²) >= 11 is 0. The monoisotopic (exact) mass is 339 g/mol. The smallest absolute Gasteiger partial charge is 0.227 e. The third-order valence-electron chi connectivity index (χ3n) is 5.42. The zero-order chi connectivity index (χ0) is 17.3. The molecule has 0 saturated heterocycles. The Morgan fingerprint density at radius 2 is 1.88 bits per heavy atom. The van der Waals surface area contributed by atoms with Crippen LogP contribution in [0.1, 0.15) is 17.7 Å². The van der Waals surface area contributed by atoms with Crippen LogP contribution in [-0.2, 0) is 13.0 Å². The van der Waals surface area contributed by atoms with E-state index in [1.54, 1.807) is 0 Å². The van der Waals surface area contributed by atoms with E-state index in [9.17, 15) is 0 Å². The summed E-state index contributed by atoms with van der Waals surface area (Å²) in [5, 5.41) is 2.16. The molecule has 5 aromatic rings. The van der Waals surface area contributed by atoms with Crippen molar-refractivity contribution >= 4 is 33.1 Å². The van der Waals surface area contributed by atoms with Gasteiger partial charge in [-0.1, -0.05) is 24.3 Å². The van der Waals surface area contributed by atoms with Gasteiger partial charge >= 0.3 is 0 Å². The van der Waals surface area contributed by atoms with E-state index in [0.717, 1.165) is 58.3 Å². The van der Waals surface area contributed by atoms with E-state index in [1.807, 2.05) is 13.0 Å². The summed E-state index contributed by atoms with van der Waals surface area (Å²) in [6.45, 7) is 2.98.